The molecule has 1 saturated heterocycles. The maximum Gasteiger partial charge on any atom is 0.227 e. The summed E-state index contributed by atoms with van der Waals surface area (Å²) in [5, 5.41) is 3.13. The standard InChI is InChI=1S/C21H26N2OS/c1-16-7-3-4-8-18(16)15-23-13-11-17(12-14-23)21(24)22-19-9-5-6-10-20(19)25-2/h3-10,17H,11-15H2,1-2H3,(H,22,24). The second-order valence-electron chi connectivity index (χ2n) is 6.67. The maximum absolute atomic E-state index is 12.6. The summed E-state index contributed by atoms with van der Waals surface area (Å²) in [4.78, 5) is 16.2. The maximum atomic E-state index is 12.6. The minimum absolute atomic E-state index is 0.114. The van der Waals surface area contributed by atoms with Crippen molar-refractivity contribution in [3.8, 4) is 0 Å². The first kappa shape index (κ1) is 18.0. The van der Waals surface area contributed by atoms with Gasteiger partial charge in [0.05, 0.1) is 5.69 Å². The number of hydrogen-bond acceptors (Lipinski definition) is 3. The number of rotatable bonds is 5. The molecule has 1 fully saturated rings. The van der Waals surface area contributed by atoms with Crippen molar-refractivity contribution in [2.45, 2.75) is 31.2 Å². The zero-order valence-electron chi connectivity index (χ0n) is 15.0. The Labute approximate surface area is 154 Å². The van der Waals surface area contributed by atoms with Gasteiger partial charge >= 0.3 is 0 Å². The van der Waals surface area contributed by atoms with Gasteiger partial charge in [-0.2, -0.15) is 0 Å². The molecular formula is C21H26N2OS. The van der Waals surface area contributed by atoms with E-state index in [0.717, 1.165) is 43.1 Å². The van der Waals surface area contributed by atoms with Gasteiger partial charge in [-0.05, 0) is 62.4 Å². The monoisotopic (exact) mass is 354 g/mol. The van der Waals surface area contributed by atoms with E-state index in [4.69, 9.17) is 0 Å². The van der Waals surface area contributed by atoms with Crippen LogP contribution in [0.3, 0.4) is 0 Å². The molecule has 3 rings (SSSR count). The van der Waals surface area contributed by atoms with Crippen LogP contribution in [-0.4, -0.2) is 30.2 Å². The summed E-state index contributed by atoms with van der Waals surface area (Å²) in [7, 11) is 0. The third-order valence-corrected chi connectivity index (χ3v) is 5.77. The molecule has 0 unspecified atom stereocenters. The second-order valence-corrected chi connectivity index (χ2v) is 7.51. The van der Waals surface area contributed by atoms with Crippen molar-refractivity contribution in [2.24, 2.45) is 5.92 Å². The van der Waals surface area contributed by atoms with Crippen molar-refractivity contribution in [1.29, 1.82) is 0 Å². The van der Waals surface area contributed by atoms with Gasteiger partial charge in [0.2, 0.25) is 5.91 Å². The van der Waals surface area contributed by atoms with E-state index >= 15 is 0 Å². The first-order chi connectivity index (χ1) is 12.2. The molecule has 0 aromatic heterocycles. The summed E-state index contributed by atoms with van der Waals surface area (Å²) in [6, 6.07) is 16.6. The number of anilines is 1. The van der Waals surface area contributed by atoms with Gasteiger partial charge in [-0.3, -0.25) is 9.69 Å². The highest BCUT2D eigenvalue weighted by Crippen LogP contribution is 2.27. The van der Waals surface area contributed by atoms with Gasteiger partial charge < -0.3 is 5.32 Å². The molecule has 1 aliphatic rings. The molecule has 0 bridgehead atoms. The number of thioether (sulfide) groups is 1. The summed E-state index contributed by atoms with van der Waals surface area (Å²) in [5.41, 5.74) is 3.66. The fourth-order valence-electron chi connectivity index (χ4n) is 3.36. The van der Waals surface area contributed by atoms with Crippen LogP contribution in [0.5, 0.6) is 0 Å². The van der Waals surface area contributed by atoms with Crippen LogP contribution in [0.25, 0.3) is 0 Å². The van der Waals surface area contributed by atoms with Crippen LogP contribution < -0.4 is 5.32 Å². The lowest BCUT2D eigenvalue weighted by molar-refractivity contribution is -0.121. The molecule has 1 N–H and O–H groups in total. The highest BCUT2D eigenvalue weighted by atomic mass is 32.2. The minimum Gasteiger partial charge on any atom is -0.325 e. The van der Waals surface area contributed by atoms with Crippen molar-refractivity contribution < 1.29 is 4.79 Å². The number of nitrogens with zero attached hydrogens (tertiary/aromatic N) is 1. The van der Waals surface area contributed by atoms with Crippen LogP contribution in [0, 0.1) is 12.8 Å². The quantitative estimate of drug-likeness (QED) is 0.799. The fourth-order valence-corrected chi connectivity index (χ4v) is 3.92. The summed E-state index contributed by atoms with van der Waals surface area (Å²) >= 11 is 1.66. The number of hydrogen-bond donors (Lipinski definition) is 1. The molecule has 2 aromatic carbocycles. The molecule has 0 saturated carbocycles. The van der Waals surface area contributed by atoms with Gasteiger partial charge in [-0.15, -0.1) is 11.8 Å². The van der Waals surface area contributed by atoms with E-state index < -0.39 is 0 Å². The number of carbonyl (C=O) groups is 1. The molecule has 1 aliphatic heterocycles. The lowest BCUT2D eigenvalue weighted by Gasteiger charge is -2.31. The molecule has 132 valence electrons. The number of piperidine rings is 1. The van der Waals surface area contributed by atoms with E-state index in [-0.39, 0.29) is 11.8 Å². The Hall–Kier alpha value is -1.78. The first-order valence-electron chi connectivity index (χ1n) is 8.88. The van der Waals surface area contributed by atoms with E-state index in [0.29, 0.717) is 0 Å². The number of aryl methyl sites for hydroxylation is 1. The van der Waals surface area contributed by atoms with Gasteiger partial charge in [0.1, 0.15) is 0 Å². The van der Waals surface area contributed by atoms with Gasteiger partial charge in [0.25, 0.3) is 0 Å². The molecule has 0 spiro atoms. The fraction of sp³-hybridized carbons (Fsp3) is 0.381. The highest BCUT2D eigenvalue weighted by Gasteiger charge is 2.25. The second kappa shape index (κ2) is 8.54. The number of carbonyl (C=O) groups excluding carboxylic acids is 1. The lowest BCUT2D eigenvalue weighted by atomic mass is 9.95. The molecular weight excluding hydrogens is 328 g/mol. The molecule has 25 heavy (non-hydrogen) atoms. The molecule has 1 heterocycles. The van der Waals surface area contributed by atoms with Crippen molar-refractivity contribution in [2.75, 3.05) is 24.7 Å². The number of amides is 1. The minimum atomic E-state index is 0.114. The smallest absolute Gasteiger partial charge is 0.227 e. The normalized spacial score (nSPS) is 15.9. The van der Waals surface area contributed by atoms with Crippen LogP contribution in [-0.2, 0) is 11.3 Å². The molecule has 0 radical (unpaired) electrons. The predicted octanol–water partition coefficient (Wildman–Crippen LogP) is 4.57. The number of likely N-dealkylation sites (tertiary alicyclic amines) is 1. The Morgan fingerprint density at radius 3 is 2.52 bits per heavy atom. The Kier molecular flexibility index (Phi) is 6.16. The average Bonchev–Trinajstić information content (AvgIpc) is 2.64. The van der Waals surface area contributed by atoms with Crippen molar-refractivity contribution in [1.82, 2.24) is 4.90 Å². The lowest BCUT2D eigenvalue weighted by Crippen LogP contribution is -2.37. The summed E-state index contributed by atoms with van der Waals surface area (Å²) in [6.07, 6.45) is 3.90. The van der Waals surface area contributed by atoms with Crippen LogP contribution in [0.15, 0.2) is 53.4 Å². The van der Waals surface area contributed by atoms with E-state index in [1.165, 1.54) is 11.1 Å². The number of benzene rings is 2. The van der Waals surface area contributed by atoms with E-state index in [2.05, 4.69) is 41.4 Å². The Morgan fingerprint density at radius 1 is 1.12 bits per heavy atom. The van der Waals surface area contributed by atoms with Gasteiger partial charge in [-0.25, -0.2) is 0 Å². The van der Waals surface area contributed by atoms with Gasteiger partial charge in [-0.1, -0.05) is 36.4 Å². The molecule has 0 atom stereocenters. The van der Waals surface area contributed by atoms with Gasteiger partial charge in [0, 0.05) is 17.4 Å². The Bertz CT molecular complexity index is 723. The molecule has 1 amide bonds. The van der Waals surface area contributed by atoms with E-state index in [1.807, 2.05) is 30.5 Å². The topological polar surface area (TPSA) is 32.3 Å². The van der Waals surface area contributed by atoms with Crippen LogP contribution in [0.2, 0.25) is 0 Å². The molecule has 4 heteroatoms. The highest BCUT2D eigenvalue weighted by molar-refractivity contribution is 7.98. The summed E-state index contributed by atoms with van der Waals surface area (Å²) < 4.78 is 0. The third kappa shape index (κ3) is 4.65. The van der Waals surface area contributed by atoms with E-state index in [9.17, 15) is 4.79 Å². The third-order valence-electron chi connectivity index (χ3n) is 4.98. The van der Waals surface area contributed by atoms with Crippen LogP contribution >= 0.6 is 11.8 Å². The number of nitrogens with one attached hydrogen (secondary N) is 1. The zero-order chi connectivity index (χ0) is 17.6. The van der Waals surface area contributed by atoms with Crippen molar-refractivity contribution in [3.05, 3.63) is 59.7 Å². The molecule has 0 aliphatic carbocycles. The van der Waals surface area contributed by atoms with Gasteiger partial charge in [0.15, 0.2) is 0 Å². The van der Waals surface area contributed by atoms with Crippen molar-refractivity contribution in [3.63, 3.8) is 0 Å². The first-order valence-corrected chi connectivity index (χ1v) is 10.1. The van der Waals surface area contributed by atoms with Crippen molar-refractivity contribution >= 4 is 23.4 Å². The number of para-hydroxylation sites is 1. The molecule has 2 aromatic rings. The molecule has 3 nitrogen and oxygen atoms in total. The summed E-state index contributed by atoms with van der Waals surface area (Å²) in [5.74, 6) is 0.278. The van der Waals surface area contributed by atoms with Crippen LogP contribution in [0.1, 0.15) is 24.0 Å². The van der Waals surface area contributed by atoms with E-state index in [1.54, 1.807) is 11.8 Å². The average molecular weight is 355 g/mol. The Morgan fingerprint density at radius 2 is 1.80 bits per heavy atom. The largest absolute Gasteiger partial charge is 0.325 e. The summed E-state index contributed by atoms with van der Waals surface area (Å²) in [6.45, 7) is 5.11. The zero-order valence-corrected chi connectivity index (χ0v) is 15.8. The SMILES string of the molecule is CSc1ccccc1NC(=O)C1CCN(Cc2ccccc2C)CC1. The van der Waals surface area contributed by atoms with Crippen LogP contribution in [0.4, 0.5) is 5.69 Å². The Balaban J connectivity index is 1.53. The predicted molar refractivity (Wildman–Crippen MR) is 106 cm³/mol.